The molecule has 0 radical (unpaired) electrons. The zero-order valence-electron chi connectivity index (χ0n) is 6.75. The van der Waals surface area contributed by atoms with Crippen LogP contribution in [-0.4, -0.2) is 11.8 Å². The second-order valence-corrected chi connectivity index (χ2v) is 3.81. The zero-order chi connectivity index (χ0) is 9.26. The number of halogens is 1. The highest BCUT2D eigenvalue weighted by molar-refractivity contribution is 7.99. The van der Waals surface area contributed by atoms with Gasteiger partial charge in [-0.2, -0.15) is 5.26 Å². The fraction of sp³-hybridized carbons (Fsp3) is 0.222. The van der Waals surface area contributed by atoms with Gasteiger partial charge in [-0.15, -0.1) is 11.8 Å². The third kappa shape index (κ3) is 1.47. The minimum Gasteiger partial charge on any atom is -0.366 e. The third-order valence-electron chi connectivity index (χ3n) is 1.86. The second kappa shape index (κ2) is 3.27. The second-order valence-electron chi connectivity index (χ2n) is 2.75. The molecule has 0 saturated heterocycles. The maximum absolute atomic E-state index is 13.2. The maximum atomic E-state index is 13.2. The number of nitrogens with zero attached hydrogens (tertiary/aromatic N) is 1. The average molecular weight is 194 g/mol. The largest absolute Gasteiger partial charge is 0.366 e. The number of nitriles is 1. The average Bonchev–Trinajstić information content (AvgIpc) is 2.18. The fourth-order valence-electron chi connectivity index (χ4n) is 1.22. The van der Waals surface area contributed by atoms with Gasteiger partial charge < -0.3 is 5.32 Å². The maximum Gasteiger partial charge on any atom is 0.147 e. The first-order chi connectivity index (χ1) is 6.31. The van der Waals surface area contributed by atoms with E-state index in [-0.39, 0.29) is 11.9 Å². The topological polar surface area (TPSA) is 35.8 Å². The smallest absolute Gasteiger partial charge is 0.147 e. The van der Waals surface area contributed by atoms with Crippen LogP contribution in [0.5, 0.6) is 0 Å². The summed E-state index contributed by atoms with van der Waals surface area (Å²) in [6, 6.07) is 6.71. The molecule has 0 aliphatic carbocycles. The van der Waals surface area contributed by atoms with Gasteiger partial charge in [0.25, 0.3) is 0 Å². The number of benzene rings is 1. The predicted octanol–water partition coefficient (Wildman–Crippen LogP) is 2.24. The summed E-state index contributed by atoms with van der Waals surface area (Å²) < 4.78 is 13.2. The zero-order valence-corrected chi connectivity index (χ0v) is 7.57. The Balaban J connectivity index is 2.39. The Kier molecular flexibility index (Phi) is 2.11. The molecule has 0 spiro atoms. The van der Waals surface area contributed by atoms with Crippen LogP contribution in [0.3, 0.4) is 0 Å². The summed E-state index contributed by atoms with van der Waals surface area (Å²) in [6.45, 7) is 0. The van der Waals surface area contributed by atoms with Gasteiger partial charge in [-0.3, -0.25) is 0 Å². The van der Waals surface area contributed by atoms with Crippen molar-refractivity contribution in [2.24, 2.45) is 0 Å². The Morgan fingerprint density at radius 2 is 2.46 bits per heavy atom. The van der Waals surface area contributed by atoms with Crippen LogP contribution in [0.15, 0.2) is 23.1 Å². The molecule has 1 aliphatic rings. The first kappa shape index (κ1) is 8.39. The molecule has 0 amide bonds. The molecule has 4 heteroatoms. The summed E-state index contributed by atoms with van der Waals surface area (Å²) in [6.07, 6.45) is 0. The van der Waals surface area contributed by atoms with Crippen LogP contribution < -0.4 is 5.32 Å². The molecule has 1 heterocycles. The van der Waals surface area contributed by atoms with Gasteiger partial charge in [-0.1, -0.05) is 6.07 Å². The van der Waals surface area contributed by atoms with Crippen LogP contribution >= 0.6 is 11.8 Å². The Morgan fingerprint density at radius 3 is 3.23 bits per heavy atom. The number of rotatable bonds is 0. The van der Waals surface area contributed by atoms with Crippen LogP contribution in [0.4, 0.5) is 10.1 Å². The monoisotopic (exact) mass is 194 g/mol. The Labute approximate surface area is 79.8 Å². The lowest BCUT2D eigenvalue weighted by molar-refractivity contribution is 0.625. The molecule has 1 unspecified atom stereocenters. The van der Waals surface area contributed by atoms with Crippen molar-refractivity contribution < 1.29 is 4.39 Å². The van der Waals surface area contributed by atoms with E-state index in [2.05, 4.69) is 11.4 Å². The lowest BCUT2D eigenvalue weighted by Crippen LogP contribution is -2.24. The first-order valence-electron chi connectivity index (χ1n) is 3.89. The lowest BCUT2D eigenvalue weighted by Gasteiger charge is -2.21. The Bertz CT molecular complexity index is 372. The molecule has 1 aromatic carbocycles. The fourth-order valence-corrected chi connectivity index (χ4v) is 2.20. The minimum atomic E-state index is -0.287. The highest BCUT2D eigenvalue weighted by atomic mass is 32.2. The summed E-state index contributed by atoms with van der Waals surface area (Å²) in [4.78, 5) is 0.881. The highest BCUT2D eigenvalue weighted by Crippen LogP contribution is 2.34. The Morgan fingerprint density at radius 1 is 1.62 bits per heavy atom. The summed E-state index contributed by atoms with van der Waals surface area (Å²) >= 11 is 1.51. The van der Waals surface area contributed by atoms with E-state index < -0.39 is 0 Å². The van der Waals surface area contributed by atoms with Crippen LogP contribution in [0.25, 0.3) is 0 Å². The molecule has 0 aromatic heterocycles. The van der Waals surface area contributed by atoms with Gasteiger partial charge in [0.1, 0.15) is 11.9 Å². The molecular weight excluding hydrogens is 187 g/mol. The van der Waals surface area contributed by atoms with Gasteiger partial charge in [0, 0.05) is 10.6 Å². The standard InChI is InChI=1S/C9H7FN2S/c10-7-2-1-3-8-9(7)12-6(4-11)5-13-8/h1-3,6,12H,5H2. The lowest BCUT2D eigenvalue weighted by atomic mass is 10.2. The molecule has 1 aromatic rings. The number of para-hydroxylation sites is 1. The molecule has 0 fully saturated rings. The molecule has 13 heavy (non-hydrogen) atoms. The first-order valence-corrected chi connectivity index (χ1v) is 4.87. The SMILES string of the molecule is N#CC1CSc2cccc(F)c2N1. The van der Waals surface area contributed by atoms with E-state index in [0.29, 0.717) is 11.4 Å². The van der Waals surface area contributed by atoms with Crippen molar-refractivity contribution in [3.05, 3.63) is 24.0 Å². The van der Waals surface area contributed by atoms with E-state index >= 15 is 0 Å². The molecule has 2 nitrogen and oxygen atoms in total. The van der Waals surface area contributed by atoms with Crippen LogP contribution in [0.1, 0.15) is 0 Å². The van der Waals surface area contributed by atoms with Crippen LogP contribution in [0.2, 0.25) is 0 Å². The van der Waals surface area contributed by atoms with Gasteiger partial charge in [-0.05, 0) is 12.1 Å². The molecule has 1 atom stereocenters. The Hall–Kier alpha value is -1.21. The van der Waals surface area contributed by atoms with Crippen molar-refractivity contribution in [2.75, 3.05) is 11.1 Å². The van der Waals surface area contributed by atoms with Crippen molar-refractivity contribution in [1.29, 1.82) is 5.26 Å². The van der Waals surface area contributed by atoms with Crippen molar-refractivity contribution in [1.82, 2.24) is 0 Å². The van der Waals surface area contributed by atoms with Crippen molar-refractivity contribution in [3.63, 3.8) is 0 Å². The van der Waals surface area contributed by atoms with Gasteiger partial charge >= 0.3 is 0 Å². The molecule has 66 valence electrons. The summed E-state index contributed by atoms with van der Waals surface area (Å²) in [5.74, 6) is 0.386. The minimum absolute atomic E-state index is 0.283. The van der Waals surface area contributed by atoms with Crippen LogP contribution in [-0.2, 0) is 0 Å². The summed E-state index contributed by atoms with van der Waals surface area (Å²) in [5.41, 5.74) is 0.463. The van der Waals surface area contributed by atoms with E-state index in [4.69, 9.17) is 5.26 Å². The molecular formula is C9H7FN2S. The number of hydrogen-bond donors (Lipinski definition) is 1. The number of hydrogen-bond acceptors (Lipinski definition) is 3. The van der Waals surface area contributed by atoms with Crippen molar-refractivity contribution in [2.45, 2.75) is 10.9 Å². The van der Waals surface area contributed by atoms with E-state index in [1.807, 2.05) is 6.07 Å². The quantitative estimate of drug-likeness (QED) is 0.688. The number of thioether (sulfide) groups is 1. The molecule has 2 rings (SSSR count). The predicted molar refractivity (Wildman–Crippen MR) is 50.1 cm³/mol. The van der Waals surface area contributed by atoms with Gasteiger partial charge in [0.05, 0.1) is 11.8 Å². The summed E-state index contributed by atoms with van der Waals surface area (Å²) in [7, 11) is 0. The van der Waals surface area contributed by atoms with Gasteiger partial charge in [0.2, 0.25) is 0 Å². The molecule has 1 N–H and O–H groups in total. The number of anilines is 1. The van der Waals surface area contributed by atoms with E-state index in [0.717, 1.165) is 4.90 Å². The number of fused-ring (bicyclic) bond motifs is 1. The van der Waals surface area contributed by atoms with Crippen molar-refractivity contribution in [3.8, 4) is 6.07 Å². The van der Waals surface area contributed by atoms with E-state index in [9.17, 15) is 4.39 Å². The normalized spacial score (nSPS) is 19.8. The molecule has 0 bridgehead atoms. The highest BCUT2D eigenvalue weighted by Gasteiger charge is 2.19. The van der Waals surface area contributed by atoms with E-state index in [1.165, 1.54) is 17.8 Å². The van der Waals surface area contributed by atoms with Gasteiger partial charge in [0.15, 0.2) is 0 Å². The van der Waals surface area contributed by atoms with Crippen LogP contribution in [0, 0.1) is 17.1 Å². The number of nitrogens with one attached hydrogen (secondary N) is 1. The van der Waals surface area contributed by atoms with Crippen molar-refractivity contribution >= 4 is 17.4 Å². The molecule has 1 aliphatic heterocycles. The third-order valence-corrected chi connectivity index (χ3v) is 3.01. The summed E-state index contributed by atoms with van der Waals surface area (Å²) in [5, 5.41) is 11.5. The van der Waals surface area contributed by atoms with Gasteiger partial charge in [-0.25, -0.2) is 4.39 Å². The van der Waals surface area contributed by atoms with E-state index in [1.54, 1.807) is 6.07 Å². The molecule has 0 saturated carbocycles.